The zero-order valence-electron chi connectivity index (χ0n) is 10.8. The van der Waals surface area contributed by atoms with Gasteiger partial charge < -0.3 is 9.47 Å². The molecule has 0 saturated heterocycles. The number of aromatic nitrogens is 1. The van der Waals surface area contributed by atoms with Gasteiger partial charge in [-0.15, -0.1) is 0 Å². The monoisotopic (exact) mass is 327 g/mol. The number of hydrogen-bond acceptors (Lipinski definition) is 3. The number of benzene rings is 1. The van der Waals surface area contributed by atoms with Gasteiger partial charge in [-0.3, -0.25) is 4.98 Å². The van der Waals surface area contributed by atoms with E-state index in [9.17, 15) is 4.39 Å². The number of pyridine rings is 1. The Bertz CT molecular complexity index is 571. The van der Waals surface area contributed by atoms with E-state index in [0.29, 0.717) is 28.8 Å². The normalized spacial score (nSPS) is 11.4. The molecule has 2 aromatic rings. The molecular formula is C14H15BrFNO2. The first-order valence-electron chi connectivity index (χ1n) is 6.13. The van der Waals surface area contributed by atoms with Gasteiger partial charge in [-0.05, 0) is 32.0 Å². The molecule has 5 heteroatoms. The fourth-order valence-electron chi connectivity index (χ4n) is 1.84. The molecule has 2 rings (SSSR count). The molecule has 1 aromatic heterocycles. The molecule has 0 atom stereocenters. The fraction of sp³-hybridized carbons (Fsp3) is 0.357. The number of nitrogens with zero attached hydrogens (tertiary/aromatic N) is 1. The van der Waals surface area contributed by atoms with E-state index in [-0.39, 0.29) is 5.82 Å². The molecule has 0 N–H and O–H groups in total. The number of halogens is 2. The van der Waals surface area contributed by atoms with Gasteiger partial charge in [0, 0.05) is 34.7 Å². The van der Waals surface area contributed by atoms with Crippen LogP contribution in [0.1, 0.15) is 25.8 Å². The lowest BCUT2D eigenvalue weighted by Gasteiger charge is -2.16. The van der Waals surface area contributed by atoms with Crippen LogP contribution in [0.4, 0.5) is 4.39 Å². The SMILES string of the molecule is CCOC(OCC)c1cc2c(F)cc(Br)cc2cn1. The summed E-state index contributed by atoms with van der Waals surface area (Å²) in [6, 6.07) is 4.93. The maximum absolute atomic E-state index is 13.9. The van der Waals surface area contributed by atoms with Crippen LogP contribution in [0.5, 0.6) is 0 Å². The molecular weight excluding hydrogens is 313 g/mol. The largest absolute Gasteiger partial charge is 0.347 e. The molecule has 0 aliphatic rings. The second-order valence-corrected chi connectivity index (χ2v) is 4.88. The van der Waals surface area contributed by atoms with Gasteiger partial charge in [0.25, 0.3) is 0 Å². The molecule has 0 fully saturated rings. The molecule has 0 spiro atoms. The van der Waals surface area contributed by atoms with Crippen molar-refractivity contribution in [3.63, 3.8) is 0 Å². The lowest BCUT2D eigenvalue weighted by molar-refractivity contribution is -0.142. The minimum absolute atomic E-state index is 0.292. The first-order chi connectivity index (χ1) is 9.15. The number of ether oxygens (including phenoxy) is 2. The van der Waals surface area contributed by atoms with Crippen molar-refractivity contribution < 1.29 is 13.9 Å². The van der Waals surface area contributed by atoms with Crippen LogP contribution < -0.4 is 0 Å². The Morgan fingerprint density at radius 1 is 1.21 bits per heavy atom. The molecule has 19 heavy (non-hydrogen) atoms. The highest BCUT2D eigenvalue weighted by Gasteiger charge is 2.14. The average molecular weight is 328 g/mol. The van der Waals surface area contributed by atoms with Crippen molar-refractivity contribution in [3.8, 4) is 0 Å². The predicted molar refractivity (Wildman–Crippen MR) is 75.4 cm³/mol. The summed E-state index contributed by atoms with van der Waals surface area (Å²) in [5, 5.41) is 1.25. The Balaban J connectivity index is 2.44. The third kappa shape index (κ3) is 3.29. The molecule has 0 radical (unpaired) electrons. The summed E-state index contributed by atoms with van der Waals surface area (Å²) in [6.45, 7) is 4.77. The van der Waals surface area contributed by atoms with Crippen molar-refractivity contribution in [1.82, 2.24) is 4.98 Å². The molecule has 0 aliphatic heterocycles. The van der Waals surface area contributed by atoms with Gasteiger partial charge in [0.2, 0.25) is 6.29 Å². The van der Waals surface area contributed by atoms with Gasteiger partial charge in [-0.2, -0.15) is 0 Å². The number of rotatable bonds is 5. The van der Waals surface area contributed by atoms with E-state index in [2.05, 4.69) is 20.9 Å². The summed E-state index contributed by atoms with van der Waals surface area (Å²) < 4.78 is 25.5. The topological polar surface area (TPSA) is 31.4 Å². The second kappa shape index (κ2) is 6.41. The first-order valence-corrected chi connectivity index (χ1v) is 6.93. The van der Waals surface area contributed by atoms with Crippen molar-refractivity contribution in [2.45, 2.75) is 20.1 Å². The van der Waals surface area contributed by atoms with Crippen molar-refractivity contribution in [2.75, 3.05) is 13.2 Å². The quantitative estimate of drug-likeness (QED) is 0.771. The maximum atomic E-state index is 13.9. The van der Waals surface area contributed by atoms with Crippen LogP contribution in [0, 0.1) is 5.82 Å². The summed E-state index contributed by atoms with van der Waals surface area (Å²) in [5.41, 5.74) is 0.581. The van der Waals surface area contributed by atoms with Gasteiger partial charge >= 0.3 is 0 Å². The van der Waals surface area contributed by atoms with Crippen LogP contribution in [0.2, 0.25) is 0 Å². The van der Waals surface area contributed by atoms with Gasteiger partial charge in [-0.1, -0.05) is 15.9 Å². The molecule has 102 valence electrons. The Kier molecular flexibility index (Phi) is 4.85. The fourth-order valence-corrected chi connectivity index (χ4v) is 2.29. The van der Waals surface area contributed by atoms with E-state index in [1.54, 1.807) is 12.3 Å². The summed E-state index contributed by atoms with van der Waals surface area (Å²) in [5.74, 6) is -0.292. The Labute approximate surface area is 119 Å². The minimum atomic E-state index is -0.553. The zero-order chi connectivity index (χ0) is 13.8. The van der Waals surface area contributed by atoms with E-state index in [4.69, 9.17) is 9.47 Å². The van der Waals surface area contributed by atoms with Crippen LogP contribution in [-0.4, -0.2) is 18.2 Å². The minimum Gasteiger partial charge on any atom is -0.347 e. The Morgan fingerprint density at radius 2 is 1.89 bits per heavy atom. The van der Waals surface area contributed by atoms with Gasteiger partial charge in [0.05, 0.1) is 5.69 Å². The standard InChI is InChI=1S/C14H15BrFNO2/c1-3-18-14(19-4-2)13-7-11-9(8-17-13)5-10(15)6-12(11)16/h5-8,14H,3-4H2,1-2H3. The molecule has 3 nitrogen and oxygen atoms in total. The summed E-state index contributed by atoms with van der Waals surface area (Å²) in [6.07, 6.45) is 1.08. The number of hydrogen-bond donors (Lipinski definition) is 0. The lowest BCUT2D eigenvalue weighted by Crippen LogP contribution is -2.10. The Hall–Kier alpha value is -1.04. The van der Waals surface area contributed by atoms with Crippen molar-refractivity contribution in [3.05, 3.63) is 40.4 Å². The molecule has 0 amide bonds. The predicted octanol–water partition coefficient (Wildman–Crippen LogP) is 4.21. The van der Waals surface area contributed by atoms with Gasteiger partial charge in [0.1, 0.15) is 5.82 Å². The highest BCUT2D eigenvalue weighted by atomic mass is 79.9. The lowest BCUT2D eigenvalue weighted by atomic mass is 10.1. The molecule has 0 bridgehead atoms. The molecule has 1 aromatic carbocycles. The van der Waals surface area contributed by atoms with Crippen molar-refractivity contribution in [2.24, 2.45) is 0 Å². The van der Waals surface area contributed by atoms with Crippen LogP contribution in [-0.2, 0) is 9.47 Å². The maximum Gasteiger partial charge on any atom is 0.201 e. The van der Waals surface area contributed by atoms with Crippen molar-refractivity contribution in [1.29, 1.82) is 0 Å². The highest BCUT2D eigenvalue weighted by molar-refractivity contribution is 9.10. The number of fused-ring (bicyclic) bond motifs is 1. The third-order valence-electron chi connectivity index (χ3n) is 2.65. The van der Waals surface area contributed by atoms with Crippen LogP contribution in [0.25, 0.3) is 10.8 Å². The van der Waals surface area contributed by atoms with E-state index >= 15 is 0 Å². The van der Waals surface area contributed by atoms with Gasteiger partial charge in [-0.25, -0.2) is 4.39 Å². The summed E-state index contributed by atoms with van der Waals surface area (Å²) in [7, 11) is 0. The molecule has 0 aliphatic carbocycles. The molecule has 0 unspecified atom stereocenters. The van der Waals surface area contributed by atoms with E-state index in [1.165, 1.54) is 6.07 Å². The van der Waals surface area contributed by atoms with Crippen LogP contribution >= 0.6 is 15.9 Å². The third-order valence-corrected chi connectivity index (χ3v) is 3.11. The van der Waals surface area contributed by atoms with E-state index in [1.807, 2.05) is 19.9 Å². The first kappa shape index (κ1) is 14.4. The Morgan fingerprint density at radius 3 is 2.53 bits per heavy atom. The van der Waals surface area contributed by atoms with Crippen molar-refractivity contribution >= 4 is 26.7 Å². The van der Waals surface area contributed by atoms with E-state index < -0.39 is 6.29 Å². The zero-order valence-corrected chi connectivity index (χ0v) is 12.4. The average Bonchev–Trinajstić information content (AvgIpc) is 2.38. The molecule has 0 saturated carbocycles. The molecule has 1 heterocycles. The van der Waals surface area contributed by atoms with E-state index in [0.717, 1.165) is 5.39 Å². The van der Waals surface area contributed by atoms with Crippen LogP contribution in [0.3, 0.4) is 0 Å². The van der Waals surface area contributed by atoms with Crippen LogP contribution in [0.15, 0.2) is 28.9 Å². The van der Waals surface area contributed by atoms with Gasteiger partial charge in [0.15, 0.2) is 0 Å². The smallest absolute Gasteiger partial charge is 0.201 e. The highest BCUT2D eigenvalue weighted by Crippen LogP contribution is 2.26. The summed E-state index contributed by atoms with van der Waals surface area (Å²) >= 11 is 3.26. The summed E-state index contributed by atoms with van der Waals surface area (Å²) in [4.78, 5) is 4.29. The second-order valence-electron chi connectivity index (χ2n) is 3.96.